The Balaban J connectivity index is 1.57. The first kappa shape index (κ1) is 21.1. The molecule has 0 aromatic heterocycles. The summed E-state index contributed by atoms with van der Waals surface area (Å²) in [6.07, 6.45) is 1.35. The molecule has 0 bridgehead atoms. The largest absolute Gasteiger partial charge is 0.508 e. The zero-order valence-electron chi connectivity index (χ0n) is 16.6. The van der Waals surface area contributed by atoms with Crippen molar-refractivity contribution in [3.63, 3.8) is 0 Å². The Morgan fingerprint density at radius 3 is 2.38 bits per heavy atom. The van der Waals surface area contributed by atoms with Gasteiger partial charge in [0.25, 0.3) is 11.8 Å². The SMILES string of the molecule is O=C1NC(=O)N(c2ccc(O)cc2)C(=O)/C1=C/c1ccc(OCc2ccccc2)c(Cl)c1. The van der Waals surface area contributed by atoms with Crippen LogP contribution in [0.3, 0.4) is 0 Å². The van der Waals surface area contributed by atoms with Gasteiger partial charge < -0.3 is 9.84 Å². The maximum Gasteiger partial charge on any atom is 0.335 e. The molecular formula is C24H17ClN2O5. The van der Waals surface area contributed by atoms with E-state index in [0.29, 0.717) is 22.9 Å². The number of rotatable bonds is 5. The second kappa shape index (κ2) is 8.95. The highest BCUT2D eigenvalue weighted by Crippen LogP contribution is 2.28. The third-order valence-corrected chi connectivity index (χ3v) is 5.01. The van der Waals surface area contributed by atoms with Gasteiger partial charge >= 0.3 is 6.03 Å². The number of carbonyl (C=O) groups excluding carboxylic acids is 3. The van der Waals surface area contributed by atoms with Gasteiger partial charge in [-0.05, 0) is 53.6 Å². The second-order valence-electron chi connectivity index (χ2n) is 6.94. The summed E-state index contributed by atoms with van der Waals surface area (Å²) < 4.78 is 5.74. The zero-order valence-corrected chi connectivity index (χ0v) is 17.4. The Labute approximate surface area is 188 Å². The van der Waals surface area contributed by atoms with Crippen LogP contribution in [-0.2, 0) is 16.2 Å². The van der Waals surface area contributed by atoms with Gasteiger partial charge in [0.15, 0.2) is 0 Å². The predicted octanol–water partition coefficient (Wildman–Crippen LogP) is 4.29. The summed E-state index contributed by atoms with van der Waals surface area (Å²) in [5.41, 5.74) is 1.46. The number of benzene rings is 3. The smallest absolute Gasteiger partial charge is 0.335 e. The fourth-order valence-corrected chi connectivity index (χ4v) is 3.36. The number of hydrogen-bond acceptors (Lipinski definition) is 5. The molecule has 0 aliphatic carbocycles. The molecule has 0 saturated carbocycles. The molecule has 4 amide bonds. The lowest BCUT2D eigenvalue weighted by Crippen LogP contribution is -2.54. The fraction of sp³-hybridized carbons (Fsp3) is 0.0417. The maximum atomic E-state index is 12.9. The summed E-state index contributed by atoms with van der Waals surface area (Å²) in [5, 5.41) is 11.9. The lowest BCUT2D eigenvalue weighted by molar-refractivity contribution is -0.122. The number of nitrogens with zero attached hydrogens (tertiary/aromatic N) is 1. The number of nitrogens with one attached hydrogen (secondary N) is 1. The number of phenols is 1. The van der Waals surface area contributed by atoms with Crippen LogP contribution in [0.2, 0.25) is 5.02 Å². The van der Waals surface area contributed by atoms with Crippen LogP contribution in [0.1, 0.15) is 11.1 Å². The van der Waals surface area contributed by atoms with E-state index in [9.17, 15) is 19.5 Å². The van der Waals surface area contributed by atoms with Gasteiger partial charge in [0.1, 0.15) is 23.7 Å². The number of barbiturate groups is 1. The van der Waals surface area contributed by atoms with Crippen LogP contribution in [0.4, 0.5) is 10.5 Å². The van der Waals surface area contributed by atoms with Crippen LogP contribution in [0, 0.1) is 0 Å². The normalized spacial score (nSPS) is 15.1. The van der Waals surface area contributed by atoms with Crippen LogP contribution >= 0.6 is 11.6 Å². The summed E-state index contributed by atoms with van der Waals surface area (Å²) in [7, 11) is 0. The third-order valence-electron chi connectivity index (χ3n) is 4.71. The minimum Gasteiger partial charge on any atom is -0.508 e. The van der Waals surface area contributed by atoms with Crippen molar-refractivity contribution >= 4 is 41.2 Å². The Hall–Kier alpha value is -4.10. The summed E-state index contributed by atoms with van der Waals surface area (Å²) in [4.78, 5) is 38.3. The van der Waals surface area contributed by atoms with Crippen LogP contribution in [-0.4, -0.2) is 23.0 Å². The second-order valence-corrected chi connectivity index (χ2v) is 7.35. The number of amides is 4. The Bertz CT molecular complexity index is 1220. The van der Waals surface area contributed by atoms with Crippen molar-refractivity contribution in [1.29, 1.82) is 0 Å². The van der Waals surface area contributed by atoms with Gasteiger partial charge in [-0.25, -0.2) is 9.69 Å². The molecule has 0 atom stereocenters. The van der Waals surface area contributed by atoms with E-state index in [1.807, 2.05) is 30.3 Å². The number of ether oxygens (including phenoxy) is 1. The van der Waals surface area contributed by atoms with Crippen molar-refractivity contribution < 1.29 is 24.2 Å². The Kier molecular flexibility index (Phi) is 5.91. The topological polar surface area (TPSA) is 95.9 Å². The molecule has 3 aromatic rings. The molecule has 0 spiro atoms. The molecule has 160 valence electrons. The van der Waals surface area contributed by atoms with Crippen molar-refractivity contribution in [1.82, 2.24) is 5.32 Å². The summed E-state index contributed by atoms with van der Waals surface area (Å²) >= 11 is 6.32. The predicted molar refractivity (Wildman–Crippen MR) is 119 cm³/mol. The number of anilines is 1. The number of phenolic OH excluding ortho intramolecular Hbond substituents is 1. The minimum atomic E-state index is -0.870. The molecule has 32 heavy (non-hydrogen) atoms. The molecule has 1 fully saturated rings. The Morgan fingerprint density at radius 2 is 1.69 bits per heavy atom. The molecule has 7 nitrogen and oxygen atoms in total. The van der Waals surface area contributed by atoms with Crippen molar-refractivity contribution in [3.8, 4) is 11.5 Å². The number of aromatic hydroxyl groups is 1. The lowest BCUT2D eigenvalue weighted by atomic mass is 10.1. The fourth-order valence-electron chi connectivity index (χ4n) is 3.12. The molecule has 0 radical (unpaired) electrons. The van der Waals surface area contributed by atoms with Crippen LogP contribution in [0.15, 0.2) is 78.4 Å². The van der Waals surface area contributed by atoms with Gasteiger partial charge in [-0.2, -0.15) is 0 Å². The molecule has 2 N–H and O–H groups in total. The summed E-state index contributed by atoms with van der Waals surface area (Å²) in [6, 6.07) is 19.1. The van der Waals surface area contributed by atoms with Crippen LogP contribution in [0.25, 0.3) is 6.08 Å². The monoisotopic (exact) mass is 448 g/mol. The van der Waals surface area contributed by atoms with E-state index in [2.05, 4.69) is 5.32 Å². The van der Waals surface area contributed by atoms with Crippen LogP contribution in [0.5, 0.6) is 11.5 Å². The zero-order chi connectivity index (χ0) is 22.7. The average Bonchev–Trinajstić information content (AvgIpc) is 2.78. The number of urea groups is 1. The van der Waals surface area contributed by atoms with Gasteiger partial charge in [-0.15, -0.1) is 0 Å². The number of imide groups is 2. The van der Waals surface area contributed by atoms with Crippen molar-refractivity contribution in [2.24, 2.45) is 0 Å². The summed E-state index contributed by atoms with van der Waals surface area (Å²) in [5.74, 6) is -1.16. The minimum absolute atomic E-state index is 0.0188. The molecule has 1 heterocycles. The first-order valence-corrected chi connectivity index (χ1v) is 9.97. The lowest BCUT2D eigenvalue weighted by Gasteiger charge is -2.26. The van der Waals surface area contributed by atoms with E-state index < -0.39 is 17.8 Å². The first-order chi connectivity index (χ1) is 15.4. The Morgan fingerprint density at radius 1 is 0.969 bits per heavy atom. The maximum absolute atomic E-state index is 12.9. The number of hydrogen-bond donors (Lipinski definition) is 2. The van der Waals surface area contributed by atoms with Gasteiger partial charge in [-0.3, -0.25) is 14.9 Å². The standard InChI is InChI=1S/C24H17ClN2O5/c25-20-13-16(6-11-21(20)32-14-15-4-2-1-3-5-15)12-19-22(29)26-24(31)27(23(19)30)17-7-9-18(28)10-8-17/h1-13,28H,14H2,(H,26,29,31)/b19-12+. The van der Waals surface area contributed by atoms with E-state index in [1.165, 1.54) is 30.3 Å². The number of halogens is 1. The van der Waals surface area contributed by atoms with E-state index in [4.69, 9.17) is 16.3 Å². The molecular weight excluding hydrogens is 432 g/mol. The number of carbonyl (C=O) groups is 3. The quantitative estimate of drug-likeness (QED) is 0.448. The highest BCUT2D eigenvalue weighted by atomic mass is 35.5. The van der Waals surface area contributed by atoms with E-state index in [1.54, 1.807) is 18.2 Å². The van der Waals surface area contributed by atoms with Gasteiger partial charge in [0.05, 0.1) is 10.7 Å². The van der Waals surface area contributed by atoms with Gasteiger partial charge in [0, 0.05) is 0 Å². The molecule has 1 saturated heterocycles. The highest BCUT2D eigenvalue weighted by Gasteiger charge is 2.36. The average molecular weight is 449 g/mol. The van der Waals surface area contributed by atoms with Crippen LogP contribution < -0.4 is 15.0 Å². The molecule has 0 unspecified atom stereocenters. The van der Waals surface area contributed by atoms with Crippen molar-refractivity contribution in [2.45, 2.75) is 6.61 Å². The molecule has 1 aliphatic rings. The van der Waals surface area contributed by atoms with Gasteiger partial charge in [0.2, 0.25) is 0 Å². The van der Waals surface area contributed by atoms with Gasteiger partial charge in [-0.1, -0.05) is 48.0 Å². The highest BCUT2D eigenvalue weighted by molar-refractivity contribution is 6.39. The van der Waals surface area contributed by atoms with E-state index in [-0.39, 0.29) is 17.0 Å². The van der Waals surface area contributed by atoms with E-state index >= 15 is 0 Å². The van der Waals surface area contributed by atoms with Crippen molar-refractivity contribution in [3.05, 3.63) is 94.5 Å². The van der Waals surface area contributed by atoms with Crippen molar-refractivity contribution in [2.75, 3.05) is 4.90 Å². The summed E-state index contributed by atoms with van der Waals surface area (Å²) in [6.45, 7) is 0.339. The molecule has 1 aliphatic heterocycles. The first-order valence-electron chi connectivity index (χ1n) is 9.59. The third kappa shape index (κ3) is 4.48. The molecule has 3 aromatic carbocycles. The van der Waals surface area contributed by atoms with E-state index in [0.717, 1.165) is 10.5 Å². The molecule has 4 rings (SSSR count). The molecule has 8 heteroatoms.